The van der Waals surface area contributed by atoms with Crippen LogP contribution in [0.3, 0.4) is 0 Å². The molecule has 2 aliphatic rings. The lowest BCUT2D eigenvalue weighted by molar-refractivity contribution is -0.170. The van der Waals surface area contributed by atoms with Gasteiger partial charge < -0.3 is 18.9 Å². The molecule has 0 radical (unpaired) electrons. The molecule has 0 bridgehead atoms. The van der Waals surface area contributed by atoms with Crippen LogP contribution in [0.2, 0.25) is 0 Å². The van der Waals surface area contributed by atoms with E-state index in [-0.39, 0.29) is 38.0 Å². The molecule has 0 saturated carbocycles. The summed E-state index contributed by atoms with van der Waals surface area (Å²) in [5, 5.41) is 2.36. The summed E-state index contributed by atoms with van der Waals surface area (Å²) in [5.41, 5.74) is 0. The van der Waals surface area contributed by atoms with Crippen molar-refractivity contribution in [2.75, 3.05) is 13.2 Å². The Balaban J connectivity index is 2.22. The minimum absolute atomic E-state index is 0.105. The second kappa shape index (κ2) is 13.4. The smallest absolute Gasteiger partial charge is 0.328 e. The highest BCUT2D eigenvalue weighted by atomic mass is 79.9. The maximum atomic E-state index is 12.9. The van der Waals surface area contributed by atoms with Gasteiger partial charge in [-0.05, 0) is 26.2 Å². The molecule has 0 aromatic carbocycles. The minimum Gasteiger partial charge on any atom is -0.463 e. The van der Waals surface area contributed by atoms with E-state index in [1.807, 2.05) is 13.8 Å². The van der Waals surface area contributed by atoms with E-state index < -0.39 is 40.9 Å². The summed E-state index contributed by atoms with van der Waals surface area (Å²) < 4.78 is 21.8. The fourth-order valence-corrected chi connectivity index (χ4v) is 4.41. The number of urea groups is 1. The number of carbonyl (C=O) groups excluding carboxylic acids is 4. The average Bonchev–Trinajstić information content (AvgIpc) is 3.20. The summed E-state index contributed by atoms with van der Waals surface area (Å²) in [4.78, 5) is 51.2. The van der Waals surface area contributed by atoms with Crippen LogP contribution in [0.25, 0.3) is 0 Å². The van der Waals surface area contributed by atoms with E-state index in [1.54, 1.807) is 13.8 Å². The van der Waals surface area contributed by atoms with Crippen LogP contribution in [0, 0.1) is 0 Å². The Morgan fingerprint density at radius 3 is 2.35 bits per heavy atom. The van der Waals surface area contributed by atoms with Crippen LogP contribution in [0.1, 0.15) is 79.1 Å². The fourth-order valence-electron chi connectivity index (χ4n) is 3.95. The largest absolute Gasteiger partial charge is 0.463 e. The minimum atomic E-state index is -1.17. The zero-order valence-electron chi connectivity index (χ0n) is 20.5. The Kier molecular flexibility index (Phi) is 11.2. The first-order valence-electron chi connectivity index (χ1n) is 12.2. The normalized spacial score (nSPS) is 29.1. The molecule has 2 heterocycles. The molecule has 34 heavy (non-hydrogen) atoms. The molecule has 5 atom stereocenters. The summed E-state index contributed by atoms with van der Waals surface area (Å²) in [6, 6.07) is -0.659. The summed E-state index contributed by atoms with van der Waals surface area (Å²) in [7, 11) is 0. The molecule has 1 N–H and O–H groups in total. The van der Waals surface area contributed by atoms with Gasteiger partial charge in [-0.25, -0.2) is 4.79 Å². The van der Waals surface area contributed by atoms with Crippen molar-refractivity contribution in [1.29, 1.82) is 0 Å². The van der Waals surface area contributed by atoms with Gasteiger partial charge in [0.15, 0.2) is 6.23 Å². The molecule has 2 fully saturated rings. The lowest BCUT2D eigenvalue weighted by atomic mass is 9.99. The molecule has 0 unspecified atom stereocenters. The first-order chi connectivity index (χ1) is 16.2. The topological polar surface area (TPSA) is 120 Å². The van der Waals surface area contributed by atoms with Crippen LogP contribution >= 0.6 is 15.9 Å². The summed E-state index contributed by atoms with van der Waals surface area (Å²) in [6.07, 6.45) is 0.937. The van der Waals surface area contributed by atoms with Crippen molar-refractivity contribution in [3.63, 3.8) is 0 Å². The zero-order valence-corrected chi connectivity index (χ0v) is 22.1. The summed E-state index contributed by atoms with van der Waals surface area (Å²) in [5.74, 6) is -1.22. The predicted molar refractivity (Wildman–Crippen MR) is 126 cm³/mol. The van der Waals surface area contributed by atoms with Crippen molar-refractivity contribution in [3.05, 3.63) is 0 Å². The highest BCUT2D eigenvalue weighted by Crippen LogP contribution is 2.38. The van der Waals surface area contributed by atoms with Gasteiger partial charge in [0, 0.05) is 25.9 Å². The van der Waals surface area contributed by atoms with E-state index in [1.165, 1.54) is 4.90 Å². The molecule has 0 aromatic rings. The van der Waals surface area contributed by atoms with Crippen LogP contribution in [0.4, 0.5) is 4.79 Å². The number of halogens is 1. The number of nitrogens with zero attached hydrogens (tertiary/aromatic N) is 1. The van der Waals surface area contributed by atoms with E-state index in [2.05, 4.69) is 21.2 Å². The molecular formula is C23H37BrN2O8. The van der Waals surface area contributed by atoms with Crippen molar-refractivity contribution >= 4 is 39.8 Å². The summed E-state index contributed by atoms with van der Waals surface area (Å²) >= 11 is 3.47. The van der Waals surface area contributed by atoms with Crippen molar-refractivity contribution < 1.29 is 38.1 Å². The van der Waals surface area contributed by atoms with E-state index >= 15 is 0 Å². The van der Waals surface area contributed by atoms with Crippen LogP contribution in [-0.4, -0.2) is 71.0 Å². The van der Waals surface area contributed by atoms with Gasteiger partial charge in [-0.2, -0.15) is 0 Å². The number of esters is 2. The second-order valence-electron chi connectivity index (χ2n) is 8.47. The Morgan fingerprint density at radius 2 is 1.76 bits per heavy atom. The highest BCUT2D eigenvalue weighted by Gasteiger charge is 2.56. The Bertz CT molecular complexity index is 736. The van der Waals surface area contributed by atoms with Crippen LogP contribution in [-0.2, 0) is 33.3 Å². The van der Waals surface area contributed by atoms with Crippen molar-refractivity contribution in [2.45, 2.75) is 108 Å². The van der Waals surface area contributed by atoms with Crippen molar-refractivity contribution in [2.24, 2.45) is 0 Å². The second-order valence-corrected chi connectivity index (χ2v) is 9.89. The van der Waals surface area contributed by atoms with Gasteiger partial charge in [-0.1, -0.05) is 49.5 Å². The van der Waals surface area contributed by atoms with Crippen molar-refractivity contribution in [1.82, 2.24) is 10.2 Å². The first kappa shape index (κ1) is 28.5. The van der Waals surface area contributed by atoms with Crippen LogP contribution in [0.15, 0.2) is 0 Å². The number of amides is 3. The van der Waals surface area contributed by atoms with Gasteiger partial charge in [0.2, 0.25) is 5.91 Å². The molecule has 11 heteroatoms. The Morgan fingerprint density at radius 1 is 1.12 bits per heavy atom. The predicted octanol–water partition coefficient (Wildman–Crippen LogP) is 3.39. The number of hydrogen-bond donors (Lipinski definition) is 1. The number of alkyl halides is 1. The molecule has 10 nitrogen and oxygen atoms in total. The highest BCUT2D eigenvalue weighted by molar-refractivity contribution is 9.10. The molecule has 2 saturated heterocycles. The monoisotopic (exact) mass is 548 g/mol. The third-order valence-corrected chi connectivity index (χ3v) is 7.28. The standard InChI is InChI=1S/C23H37BrN2O8/c1-5-9-11-18(27)32-14-16-15(34-19(28)12-10-6-2)13-17(33-16)26-21(31-8-4)23(24,7-3)20(29)25-22(26)30/h15-17,21H,5-14H2,1-4H3,(H,25,29,30)/t15-,16+,17+,21+,23-/m0/s1. The van der Waals surface area contributed by atoms with Gasteiger partial charge >= 0.3 is 18.0 Å². The van der Waals surface area contributed by atoms with Crippen LogP contribution in [0.5, 0.6) is 0 Å². The molecule has 194 valence electrons. The maximum absolute atomic E-state index is 12.9. The molecule has 2 aliphatic heterocycles. The number of unbranched alkanes of at least 4 members (excludes halogenated alkanes) is 2. The van der Waals surface area contributed by atoms with E-state index in [9.17, 15) is 19.2 Å². The lowest BCUT2D eigenvalue weighted by Gasteiger charge is -2.46. The van der Waals surface area contributed by atoms with Gasteiger partial charge in [-0.15, -0.1) is 0 Å². The SMILES string of the molecule is CCCCC(=O)OC[C@H]1O[C@@H](N2C(=O)NC(=O)[C@@](Br)(CC)[C@H]2OCC)C[C@@H]1OC(=O)CCCC. The Labute approximate surface area is 209 Å². The maximum Gasteiger partial charge on any atom is 0.328 e. The molecule has 3 amide bonds. The number of hydrogen-bond acceptors (Lipinski definition) is 8. The number of ether oxygens (including phenoxy) is 4. The van der Waals surface area contributed by atoms with Gasteiger partial charge in [-0.3, -0.25) is 24.6 Å². The number of nitrogens with one attached hydrogen (secondary N) is 1. The van der Waals surface area contributed by atoms with E-state index in [0.29, 0.717) is 25.7 Å². The quantitative estimate of drug-likeness (QED) is 0.274. The third kappa shape index (κ3) is 6.91. The fraction of sp³-hybridized carbons (Fsp3) is 0.826. The average molecular weight is 549 g/mol. The van der Waals surface area contributed by atoms with Gasteiger partial charge in [0.05, 0.1) is 0 Å². The zero-order chi connectivity index (χ0) is 25.3. The lowest BCUT2D eigenvalue weighted by Crippen LogP contribution is -2.70. The van der Waals surface area contributed by atoms with E-state index in [4.69, 9.17) is 18.9 Å². The number of imide groups is 1. The van der Waals surface area contributed by atoms with Crippen LogP contribution < -0.4 is 5.32 Å². The first-order valence-corrected chi connectivity index (χ1v) is 13.0. The van der Waals surface area contributed by atoms with Crippen molar-refractivity contribution in [3.8, 4) is 0 Å². The third-order valence-electron chi connectivity index (χ3n) is 5.97. The van der Waals surface area contributed by atoms with Gasteiger partial charge in [0.25, 0.3) is 0 Å². The number of carbonyl (C=O) groups is 4. The molecule has 0 aliphatic carbocycles. The molecule has 0 aromatic heterocycles. The molecule has 2 rings (SSSR count). The molecular weight excluding hydrogens is 512 g/mol. The molecule has 0 spiro atoms. The van der Waals surface area contributed by atoms with Gasteiger partial charge in [0.1, 0.15) is 29.4 Å². The summed E-state index contributed by atoms with van der Waals surface area (Å²) in [6.45, 7) is 7.69. The Hall–Kier alpha value is -1.72. The van der Waals surface area contributed by atoms with E-state index in [0.717, 1.165) is 12.8 Å². The number of rotatable bonds is 13.